The minimum atomic E-state index is -3.09. The lowest BCUT2D eigenvalue weighted by atomic mass is 9.97. The van der Waals surface area contributed by atoms with E-state index in [-0.39, 0.29) is 11.8 Å². The second-order valence-electron chi connectivity index (χ2n) is 6.37. The van der Waals surface area contributed by atoms with Crippen molar-refractivity contribution in [2.45, 2.75) is 38.0 Å². The first kappa shape index (κ1) is 15.3. The Balaban J connectivity index is 2.15. The molecule has 0 amide bonds. The van der Waals surface area contributed by atoms with Gasteiger partial charge in [0.1, 0.15) is 0 Å². The maximum atomic E-state index is 12.2. The Morgan fingerprint density at radius 1 is 1.30 bits per heavy atom. The highest BCUT2D eigenvalue weighted by Crippen LogP contribution is 2.32. The Morgan fingerprint density at radius 3 is 2.60 bits per heavy atom. The van der Waals surface area contributed by atoms with Gasteiger partial charge in [-0.2, -0.15) is 0 Å². The van der Waals surface area contributed by atoms with E-state index >= 15 is 0 Å². The molecular formula is C15H24N2O2S. The molecule has 0 fully saturated rings. The SMILES string of the molecule is CC(C)(C)S(=O)(=O)CCN1CCC(N)c2ccccc21. The zero-order chi connectivity index (χ0) is 15.0. The Labute approximate surface area is 121 Å². The maximum absolute atomic E-state index is 12.2. The maximum Gasteiger partial charge on any atom is 0.156 e. The summed E-state index contributed by atoms with van der Waals surface area (Å²) in [6.45, 7) is 6.61. The topological polar surface area (TPSA) is 63.4 Å². The normalized spacial score (nSPS) is 19.8. The van der Waals surface area contributed by atoms with Gasteiger partial charge in [-0.3, -0.25) is 0 Å². The molecule has 1 unspecified atom stereocenters. The van der Waals surface area contributed by atoms with Crippen molar-refractivity contribution in [3.05, 3.63) is 29.8 Å². The summed E-state index contributed by atoms with van der Waals surface area (Å²) in [5.74, 6) is 0.181. The summed E-state index contributed by atoms with van der Waals surface area (Å²) < 4.78 is 23.7. The van der Waals surface area contributed by atoms with E-state index in [1.54, 1.807) is 20.8 Å². The molecule has 112 valence electrons. The van der Waals surface area contributed by atoms with Gasteiger partial charge in [-0.1, -0.05) is 18.2 Å². The van der Waals surface area contributed by atoms with Crippen molar-refractivity contribution in [3.8, 4) is 0 Å². The van der Waals surface area contributed by atoms with Gasteiger partial charge in [0.15, 0.2) is 9.84 Å². The molecule has 5 heteroatoms. The Kier molecular flexibility index (Phi) is 4.12. The minimum Gasteiger partial charge on any atom is -0.370 e. The van der Waals surface area contributed by atoms with Crippen molar-refractivity contribution in [1.29, 1.82) is 0 Å². The quantitative estimate of drug-likeness (QED) is 0.928. The number of anilines is 1. The molecule has 0 aromatic heterocycles. The van der Waals surface area contributed by atoms with E-state index in [1.165, 1.54) is 0 Å². The van der Waals surface area contributed by atoms with E-state index in [0.717, 1.165) is 24.2 Å². The molecule has 0 saturated carbocycles. The van der Waals surface area contributed by atoms with Crippen LogP contribution in [0, 0.1) is 0 Å². The van der Waals surface area contributed by atoms with Crippen LogP contribution in [-0.4, -0.2) is 32.0 Å². The van der Waals surface area contributed by atoms with E-state index in [4.69, 9.17) is 5.73 Å². The van der Waals surface area contributed by atoms with E-state index in [2.05, 4.69) is 4.90 Å². The molecule has 1 heterocycles. The van der Waals surface area contributed by atoms with Crippen LogP contribution in [0.3, 0.4) is 0 Å². The zero-order valence-electron chi connectivity index (χ0n) is 12.5. The second-order valence-corrected chi connectivity index (χ2v) is 9.23. The highest BCUT2D eigenvalue weighted by Gasteiger charge is 2.30. The minimum absolute atomic E-state index is 0.0571. The molecule has 1 aliphatic rings. The van der Waals surface area contributed by atoms with Crippen LogP contribution >= 0.6 is 0 Å². The molecule has 1 atom stereocenters. The van der Waals surface area contributed by atoms with Crippen LogP contribution in [-0.2, 0) is 9.84 Å². The van der Waals surface area contributed by atoms with Crippen LogP contribution in [0.15, 0.2) is 24.3 Å². The molecule has 2 rings (SSSR count). The fraction of sp³-hybridized carbons (Fsp3) is 0.600. The van der Waals surface area contributed by atoms with Crippen molar-refractivity contribution < 1.29 is 8.42 Å². The summed E-state index contributed by atoms with van der Waals surface area (Å²) in [4.78, 5) is 2.14. The van der Waals surface area contributed by atoms with Crippen LogP contribution in [0.5, 0.6) is 0 Å². The highest BCUT2D eigenvalue weighted by atomic mass is 32.2. The summed E-state index contributed by atoms with van der Waals surface area (Å²) in [6, 6.07) is 8.07. The van der Waals surface area contributed by atoms with Gasteiger partial charge in [0, 0.05) is 24.8 Å². The van der Waals surface area contributed by atoms with Crippen molar-refractivity contribution in [2.75, 3.05) is 23.7 Å². The molecule has 2 N–H and O–H groups in total. The number of fused-ring (bicyclic) bond motifs is 1. The standard InChI is InChI=1S/C15H24N2O2S/c1-15(2,3)20(18,19)11-10-17-9-8-13(16)12-6-4-5-7-14(12)17/h4-7,13H,8-11,16H2,1-3H3. The largest absolute Gasteiger partial charge is 0.370 e. The first-order chi connectivity index (χ1) is 9.22. The van der Waals surface area contributed by atoms with Crippen LogP contribution in [0.25, 0.3) is 0 Å². The van der Waals surface area contributed by atoms with Gasteiger partial charge < -0.3 is 10.6 Å². The fourth-order valence-corrected chi connectivity index (χ4v) is 3.50. The molecule has 0 saturated heterocycles. The lowest BCUT2D eigenvalue weighted by Crippen LogP contribution is -2.40. The van der Waals surface area contributed by atoms with E-state index < -0.39 is 14.6 Å². The van der Waals surface area contributed by atoms with E-state index in [9.17, 15) is 8.42 Å². The van der Waals surface area contributed by atoms with Gasteiger partial charge >= 0.3 is 0 Å². The van der Waals surface area contributed by atoms with Gasteiger partial charge in [0.25, 0.3) is 0 Å². The number of rotatable bonds is 3. The first-order valence-electron chi connectivity index (χ1n) is 7.04. The van der Waals surface area contributed by atoms with Gasteiger partial charge in [-0.15, -0.1) is 0 Å². The summed E-state index contributed by atoms with van der Waals surface area (Å²) in [6.07, 6.45) is 0.868. The molecule has 0 spiro atoms. The van der Waals surface area contributed by atoms with Crippen LogP contribution in [0.4, 0.5) is 5.69 Å². The monoisotopic (exact) mass is 296 g/mol. The molecule has 1 aromatic rings. The molecule has 0 radical (unpaired) electrons. The third-order valence-corrected chi connectivity index (χ3v) is 6.54. The Morgan fingerprint density at radius 2 is 1.95 bits per heavy atom. The summed E-state index contributed by atoms with van der Waals surface area (Å²) in [5, 5.41) is 0. The lowest BCUT2D eigenvalue weighted by Gasteiger charge is -2.34. The zero-order valence-corrected chi connectivity index (χ0v) is 13.3. The number of hydrogen-bond donors (Lipinski definition) is 1. The summed E-state index contributed by atoms with van der Waals surface area (Å²) in [7, 11) is -3.09. The third kappa shape index (κ3) is 2.99. The van der Waals surface area contributed by atoms with Crippen LogP contribution in [0.1, 0.15) is 38.8 Å². The Bertz CT molecular complexity index is 576. The predicted molar refractivity (Wildman–Crippen MR) is 83.7 cm³/mol. The molecule has 1 aromatic carbocycles. The summed E-state index contributed by atoms with van der Waals surface area (Å²) in [5.41, 5.74) is 8.31. The third-order valence-electron chi connectivity index (χ3n) is 3.95. The first-order valence-corrected chi connectivity index (χ1v) is 8.69. The number of nitrogens with zero attached hydrogens (tertiary/aromatic N) is 1. The van der Waals surface area contributed by atoms with Crippen molar-refractivity contribution >= 4 is 15.5 Å². The average molecular weight is 296 g/mol. The number of benzene rings is 1. The number of para-hydroxylation sites is 1. The van der Waals surface area contributed by atoms with Gasteiger partial charge in [0.2, 0.25) is 0 Å². The number of hydrogen-bond acceptors (Lipinski definition) is 4. The molecule has 0 aliphatic carbocycles. The van der Waals surface area contributed by atoms with E-state index in [0.29, 0.717) is 6.54 Å². The fourth-order valence-electron chi connectivity index (χ4n) is 2.43. The smallest absolute Gasteiger partial charge is 0.156 e. The van der Waals surface area contributed by atoms with Crippen LogP contribution < -0.4 is 10.6 Å². The van der Waals surface area contributed by atoms with Crippen LogP contribution in [0.2, 0.25) is 0 Å². The molecule has 4 nitrogen and oxygen atoms in total. The van der Waals surface area contributed by atoms with Gasteiger partial charge in [0.05, 0.1) is 10.5 Å². The Hall–Kier alpha value is -1.07. The van der Waals surface area contributed by atoms with Gasteiger partial charge in [-0.05, 0) is 38.8 Å². The second kappa shape index (κ2) is 5.37. The molecule has 20 heavy (non-hydrogen) atoms. The van der Waals surface area contributed by atoms with Crippen molar-refractivity contribution in [1.82, 2.24) is 0 Å². The van der Waals surface area contributed by atoms with Crippen molar-refractivity contribution in [2.24, 2.45) is 5.73 Å². The van der Waals surface area contributed by atoms with E-state index in [1.807, 2.05) is 24.3 Å². The highest BCUT2D eigenvalue weighted by molar-refractivity contribution is 7.92. The molecule has 0 bridgehead atoms. The van der Waals surface area contributed by atoms with Crippen molar-refractivity contribution in [3.63, 3.8) is 0 Å². The average Bonchev–Trinajstić information content (AvgIpc) is 2.37. The number of sulfone groups is 1. The van der Waals surface area contributed by atoms with Gasteiger partial charge in [-0.25, -0.2) is 8.42 Å². The molecular weight excluding hydrogens is 272 g/mol. The number of nitrogens with two attached hydrogens (primary N) is 1. The summed E-state index contributed by atoms with van der Waals surface area (Å²) >= 11 is 0. The molecule has 1 aliphatic heterocycles. The lowest BCUT2D eigenvalue weighted by molar-refractivity contribution is 0.554. The predicted octanol–water partition coefficient (Wildman–Crippen LogP) is 2.11.